The van der Waals surface area contributed by atoms with Crippen LogP contribution in [0.3, 0.4) is 0 Å². The molecule has 6 heteroatoms. The third-order valence-electron chi connectivity index (χ3n) is 15.6. The SMILES string of the molecule is Cc1c(C)c(-c2ccc3c4cccc5cccc(c6cccc2c63)c54)c(C)c(C)c1-c1ccc(N2C(=O)c3ccc4c5c(ccc(c35)C2=O)C(=O)N(c2cc(C(C)(C)C)ccc2C(C)(C)C)C4=O)cc1. The van der Waals surface area contributed by atoms with Gasteiger partial charge in [0, 0.05) is 33.0 Å². The second kappa shape index (κ2) is 14.8. The molecule has 0 unspecified atom stereocenters. The fourth-order valence-corrected chi connectivity index (χ4v) is 11.9. The number of hydrogen-bond donors (Lipinski definition) is 0. The number of nitrogens with zero attached hydrogens (tertiary/aromatic N) is 2. The van der Waals surface area contributed by atoms with Gasteiger partial charge in [0.15, 0.2) is 0 Å². The van der Waals surface area contributed by atoms with Crippen LogP contribution in [-0.2, 0) is 10.8 Å². The van der Waals surface area contributed by atoms with E-state index >= 15 is 0 Å². The van der Waals surface area contributed by atoms with E-state index in [1.54, 1.807) is 24.3 Å². The lowest BCUT2D eigenvalue weighted by Crippen LogP contribution is -2.44. The summed E-state index contributed by atoms with van der Waals surface area (Å²) in [6, 6.07) is 44.8. The fraction of sp³-hybridized carbons (Fsp3) is 0.188. The first-order chi connectivity index (χ1) is 33.4. The second-order valence-electron chi connectivity index (χ2n) is 21.6. The monoisotopic (exact) mass is 912 g/mol. The maximum atomic E-state index is 14.6. The number of imide groups is 2. The van der Waals surface area contributed by atoms with Crippen molar-refractivity contribution in [3.8, 4) is 22.3 Å². The van der Waals surface area contributed by atoms with Gasteiger partial charge in [-0.25, -0.2) is 9.80 Å². The molecule has 10 aromatic carbocycles. The molecule has 2 heterocycles. The Morgan fingerprint density at radius 3 is 1.33 bits per heavy atom. The number of fused-ring (bicyclic) bond motifs is 2. The van der Waals surface area contributed by atoms with Gasteiger partial charge in [-0.1, -0.05) is 133 Å². The highest BCUT2D eigenvalue weighted by Crippen LogP contribution is 2.48. The van der Waals surface area contributed by atoms with Gasteiger partial charge in [-0.15, -0.1) is 0 Å². The molecule has 0 saturated carbocycles. The number of carbonyl (C=O) groups excluding carboxylic acids is 4. The number of hydrogen-bond acceptors (Lipinski definition) is 4. The first kappa shape index (κ1) is 43.3. The van der Waals surface area contributed by atoms with E-state index in [2.05, 4.69) is 142 Å². The molecule has 342 valence electrons. The quantitative estimate of drug-likeness (QED) is 0.100. The second-order valence-corrected chi connectivity index (χ2v) is 21.6. The van der Waals surface area contributed by atoms with Crippen LogP contribution in [0.4, 0.5) is 11.4 Å². The molecule has 2 aliphatic heterocycles. The highest BCUT2D eigenvalue weighted by atomic mass is 16.2. The summed E-state index contributed by atoms with van der Waals surface area (Å²) in [6.45, 7) is 21.3. The zero-order valence-electron chi connectivity index (χ0n) is 41.2. The smallest absolute Gasteiger partial charge is 0.265 e. The van der Waals surface area contributed by atoms with Crippen molar-refractivity contribution in [2.75, 3.05) is 9.80 Å². The summed E-state index contributed by atoms with van der Waals surface area (Å²) in [6.07, 6.45) is 0. The summed E-state index contributed by atoms with van der Waals surface area (Å²) in [5.74, 6) is -1.98. The fourth-order valence-electron chi connectivity index (χ4n) is 11.9. The Hall–Kier alpha value is -7.96. The molecule has 0 aliphatic carbocycles. The van der Waals surface area contributed by atoms with Gasteiger partial charge >= 0.3 is 0 Å². The van der Waals surface area contributed by atoms with Gasteiger partial charge in [0.05, 0.1) is 11.4 Å². The highest BCUT2D eigenvalue weighted by molar-refractivity contribution is 6.42. The molecule has 0 aromatic heterocycles. The molecule has 0 bridgehead atoms. The van der Waals surface area contributed by atoms with Crippen molar-refractivity contribution in [2.24, 2.45) is 0 Å². The van der Waals surface area contributed by atoms with Crippen molar-refractivity contribution < 1.29 is 19.2 Å². The molecule has 0 radical (unpaired) electrons. The van der Waals surface area contributed by atoms with Crippen LogP contribution in [0, 0.1) is 27.7 Å². The Kier molecular flexibility index (Phi) is 9.14. The maximum Gasteiger partial charge on any atom is 0.265 e. The number of rotatable bonds is 4. The molecule has 0 saturated heterocycles. The number of amides is 4. The number of benzene rings is 10. The maximum absolute atomic E-state index is 14.6. The van der Waals surface area contributed by atoms with Crippen LogP contribution in [0.15, 0.2) is 133 Å². The molecule has 10 aromatic rings. The van der Waals surface area contributed by atoms with Gasteiger partial charge < -0.3 is 0 Å². The summed E-state index contributed by atoms with van der Waals surface area (Å²) in [4.78, 5) is 61.0. The van der Waals surface area contributed by atoms with E-state index in [4.69, 9.17) is 0 Å². The van der Waals surface area contributed by atoms with Gasteiger partial charge in [0.25, 0.3) is 23.6 Å². The average Bonchev–Trinajstić information content (AvgIpc) is 3.33. The molecule has 70 heavy (non-hydrogen) atoms. The first-order valence-corrected chi connectivity index (χ1v) is 24.2. The summed E-state index contributed by atoms with van der Waals surface area (Å²) in [5, 5.41) is 10.8. The minimum atomic E-state index is -0.506. The van der Waals surface area contributed by atoms with Crippen molar-refractivity contribution in [1.82, 2.24) is 0 Å². The molecule has 0 N–H and O–H groups in total. The van der Waals surface area contributed by atoms with Crippen LogP contribution in [0.5, 0.6) is 0 Å². The Morgan fingerprint density at radius 2 is 0.814 bits per heavy atom. The molecular weight excluding hydrogens is 861 g/mol. The van der Waals surface area contributed by atoms with E-state index in [0.29, 0.717) is 22.1 Å². The Morgan fingerprint density at radius 1 is 0.371 bits per heavy atom. The normalized spacial score (nSPS) is 14.2. The van der Waals surface area contributed by atoms with Gasteiger partial charge in [0.2, 0.25) is 0 Å². The number of carbonyl (C=O) groups is 4. The van der Waals surface area contributed by atoms with Crippen molar-refractivity contribution in [3.63, 3.8) is 0 Å². The summed E-state index contributed by atoms with van der Waals surface area (Å²) in [7, 11) is 0. The zero-order valence-corrected chi connectivity index (χ0v) is 41.2. The van der Waals surface area contributed by atoms with Crippen LogP contribution in [0.1, 0.15) is 116 Å². The molecular formula is C64H52N2O4. The Labute approximate surface area is 407 Å². The van der Waals surface area contributed by atoms with Crippen LogP contribution in [0.2, 0.25) is 0 Å². The topological polar surface area (TPSA) is 74.8 Å². The zero-order chi connectivity index (χ0) is 49.0. The van der Waals surface area contributed by atoms with Gasteiger partial charge in [-0.3, -0.25) is 19.2 Å². The van der Waals surface area contributed by atoms with E-state index in [1.165, 1.54) is 86.3 Å². The lowest BCUT2D eigenvalue weighted by molar-refractivity contribution is 0.0872. The van der Waals surface area contributed by atoms with E-state index in [0.717, 1.165) is 22.3 Å². The Balaban J connectivity index is 0.904. The van der Waals surface area contributed by atoms with Gasteiger partial charge in [-0.05, 0) is 180 Å². The molecule has 0 fully saturated rings. The molecule has 12 rings (SSSR count). The van der Waals surface area contributed by atoms with Crippen molar-refractivity contribution in [3.05, 3.63) is 189 Å². The van der Waals surface area contributed by atoms with E-state index < -0.39 is 23.6 Å². The average molecular weight is 913 g/mol. The summed E-state index contributed by atoms with van der Waals surface area (Å²) in [5.41, 5.74) is 12.6. The predicted octanol–water partition coefficient (Wildman–Crippen LogP) is 15.7. The van der Waals surface area contributed by atoms with Crippen LogP contribution in [-0.4, -0.2) is 23.6 Å². The predicted molar refractivity (Wildman–Crippen MR) is 288 cm³/mol. The molecule has 0 spiro atoms. The molecule has 0 atom stereocenters. The number of anilines is 2. The molecule has 2 aliphatic rings. The minimum absolute atomic E-state index is 0.231. The van der Waals surface area contributed by atoms with E-state index in [1.807, 2.05) is 36.4 Å². The third kappa shape index (κ3) is 5.92. The third-order valence-corrected chi connectivity index (χ3v) is 15.6. The molecule has 6 nitrogen and oxygen atoms in total. The van der Waals surface area contributed by atoms with Crippen LogP contribution in [0.25, 0.3) is 76.1 Å². The standard InChI is InChI=1S/C64H52N2O4/c1-33-35(3)54(45-25-26-46-42-17-12-15-37-14-11-16-41(55(37)42)43-18-13-19-44(45)56(43)46)36(4)34(2)53(33)38-20-23-40(24-21-38)65-59(67)47-27-29-49-58-50(30-28-48(57(47)58)60(65)68)62(70)66(61(49)69)52-32-39(63(5,6)7)22-31-51(52)64(8,9)10/h11-32H,1-10H3. The first-order valence-electron chi connectivity index (χ1n) is 24.2. The summed E-state index contributed by atoms with van der Waals surface area (Å²) >= 11 is 0. The summed E-state index contributed by atoms with van der Waals surface area (Å²) < 4.78 is 0. The Bertz CT molecular complexity index is 3880. The van der Waals surface area contributed by atoms with Crippen molar-refractivity contribution in [1.29, 1.82) is 0 Å². The van der Waals surface area contributed by atoms with E-state index in [9.17, 15) is 19.2 Å². The van der Waals surface area contributed by atoms with Crippen LogP contribution >= 0.6 is 0 Å². The highest BCUT2D eigenvalue weighted by Gasteiger charge is 2.42. The minimum Gasteiger partial charge on any atom is -0.268 e. The van der Waals surface area contributed by atoms with Gasteiger partial charge in [-0.2, -0.15) is 0 Å². The van der Waals surface area contributed by atoms with E-state index in [-0.39, 0.29) is 33.1 Å². The lowest BCUT2D eigenvalue weighted by atomic mass is 9.80. The van der Waals surface area contributed by atoms with Crippen molar-refractivity contribution >= 4 is 88.9 Å². The molecule has 4 amide bonds. The van der Waals surface area contributed by atoms with Crippen LogP contribution < -0.4 is 9.80 Å². The lowest BCUT2D eigenvalue weighted by Gasteiger charge is -2.35. The van der Waals surface area contributed by atoms with Crippen molar-refractivity contribution in [2.45, 2.75) is 80.1 Å². The largest absolute Gasteiger partial charge is 0.268 e. The van der Waals surface area contributed by atoms with Gasteiger partial charge in [0.1, 0.15) is 0 Å².